The van der Waals surface area contributed by atoms with Crippen molar-refractivity contribution in [3.8, 4) is 0 Å². The molecule has 0 N–H and O–H groups in total. The second kappa shape index (κ2) is 4.69. The monoisotopic (exact) mass is 235 g/mol. The van der Waals surface area contributed by atoms with Crippen LogP contribution in [0.5, 0.6) is 0 Å². The molecule has 3 heteroatoms. The van der Waals surface area contributed by atoms with Crippen molar-refractivity contribution in [3.63, 3.8) is 0 Å². The Morgan fingerprint density at radius 2 is 1.87 bits per heavy atom. The molecule has 2 aromatic rings. The Bertz CT molecular complexity index is 456. The van der Waals surface area contributed by atoms with E-state index >= 15 is 0 Å². The molecule has 0 aliphatic carbocycles. The fourth-order valence-electron chi connectivity index (χ4n) is 1.21. The first-order valence-electron chi connectivity index (χ1n) is 4.61. The molecule has 0 amide bonds. The molecule has 0 spiro atoms. The van der Waals surface area contributed by atoms with Gasteiger partial charge in [0.2, 0.25) is 0 Å². The molecule has 0 saturated carbocycles. The van der Waals surface area contributed by atoms with Crippen LogP contribution in [0, 0.1) is 6.92 Å². The van der Waals surface area contributed by atoms with Crippen molar-refractivity contribution < 1.29 is 0 Å². The van der Waals surface area contributed by atoms with Crippen LogP contribution in [-0.4, -0.2) is 4.98 Å². The largest absolute Gasteiger partial charge is 0.243 e. The molecule has 1 heterocycles. The summed E-state index contributed by atoms with van der Waals surface area (Å²) in [7, 11) is 0. The first kappa shape index (κ1) is 10.5. The first-order chi connectivity index (χ1) is 7.25. The molecule has 1 nitrogen and oxygen atoms in total. The molecule has 0 aliphatic heterocycles. The minimum Gasteiger partial charge on any atom is -0.243 e. The third-order valence-electron chi connectivity index (χ3n) is 1.97. The summed E-state index contributed by atoms with van der Waals surface area (Å²) in [6, 6.07) is 12.3. The van der Waals surface area contributed by atoms with Crippen LogP contribution in [0.3, 0.4) is 0 Å². The van der Waals surface area contributed by atoms with Crippen LogP contribution >= 0.6 is 23.4 Å². The molecule has 1 aromatic heterocycles. The number of aryl methyl sites for hydroxylation is 1. The fraction of sp³-hybridized carbons (Fsp3) is 0.0833. The summed E-state index contributed by atoms with van der Waals surface area (Å²) in [5, 5.41) is 0.576. The first-order valence-corrected chi connectivity index (χ1v) is 5.80. The SMILES string of the molecule is Cc1cc(Sc2ccccc2)cnc1Cl. The highest BCUT2D eigenvalue weighted by molar-refractivity contribution is 7.99. The quantitative estimate of drug-likeness (QED) is 0.724. The van der Waals surface area contributed by atoms with Gasteiger partial charge in [-0.15, -0.1) is 0 Å². The van der Waals surface area contributed by atoms with E-state index in [1.807, 2.05) is 31.2 Å². The molecule has 0 atom stereocenters. The highest BCUT2D eigenvalue weighted by atomic mass is 35.5. The normalized spacial score (nSPS) is 10.3. The Labute approximate surface area is 98.5 Å². The van der Waals surface area contributed by atoms with Gasteiger partial charge in [-0.25, -0.2) is 4.98 Å². The Balaban J connectivity index is 2.22. The van der Waals surface area contributed by atoms with Crippen molar-refractivity contribution in [2.24, 2.45) is 0 Å². The summed E-state index contributed by atoms with van der Waals surface area (Å²) < 4.78 is 0. The molecule has 0 radical (unpaired) electrons. The standard InChI is InChI=1S/C12H10ClNS/c1-9-7-11(8-14-12(9)13)15-10-5-3-2-4-6-10/h2-8H,1H3. The van der Waals surface area contributed by atoms with Gasteiger partial charge in [0.25, 0.3) is 0 Å². The Kier molecular flexibility index (Phi) is 3.29. The lowest BCUT2D eigenvalue weighted by atomic mass is 10.3. The summed E-state index contributed by atoms with van der Waals surface area (Å²) in [5.41, 5.74) is 1.01. The van der Waals surface area contributed by atoms with Crippen molar-refractivity contribution in [2.75, 3.05) is 0 Å². The number of hydrogen-bond acceptors (Lipinski definition) is 2. The predicted molar refractivity (Wildman–Crippen MR) is 64.5 cm³/mol. The number of benzene rings is 1. The lowest BCUT2D eigenvalue weighted by Gasteiger charge is -2.02. The zero-order valence-electron chi connectivity index (χ0n) is 8.27. The summed E-state index contributed by atoms with van der Waals surface area (Å²) in [6.45, 7) is 1.96. The van der Waals surface area contributed by atoms with Crippen LogP contribution in [0.15, 0.2) is 52.4 Å². The third-order valence-corrected chi connectivity index (χ3v) is 3.33. The van der Waals surface area contributed by atoms with Crippen LogP contribution in [-0.2, 0) is 0 Å². The van der Waals surface area contributed by atoms with Crippen molar-refractivity contribution in [1.82, 2.24) is 4.98 Å². The summed E-state index contributed by atoms with van der Waals surface area (Å²) in [6.07, 6.45) is 1.80. The average molecular weight is 236 g/mol. The number of aromatic nitrogens is 1. The lowest BCUT2D eigenvalue weighted by molar-refractivity contribution is 1.19. The van der Waals surface area contributed by atoms with Crippen molar-refractivity contribution in [3.05, 3.63) is 53.3 Å². The van der Waals surface area contributed by atoms with E-state index < -0.39 is 0 Å². The molecule has 0 unspecified atom stereocenters. The number of rotatable bonds is 2. The number of halogens is 1. The molecule has 1 aromatic carbocycles. The Morgan fingerprint density at radius 1 is 1.13 bits per heavy atom. The van der Waals surface area contributed by atoms with Gasteiger partial charge in [-0.3, -0.25) is 0 Å². The van der Waals surface area contributed by atoms with E-state index in [0.717, 1.165) is 10.5 Å². The maximum absolute atomic E-state index is 5.86. The summed E-state index contributed by atoms with van der Waals surface area (Å²) in [5.74, 6) is 0. The van der Waals surface area contributed by atoms with E-state index in [1.54, 1.807) is 18.0 Å². The maximum Gasteiger partial charge on any atom is 0.131 e. The highest BCUT2D eigenvalue weighted by Gasteiger charge is 2.00. The second-order valence-electron chi connectivity index (χ2n) is 3.19. The molecule has 0 aliphatic rings. The Hall–Kier alpha value is -0.990. The topological polar surface area (TPSA) is 12.9 Å². The van der Waals surface area contributed by atoms with Gasteiger partial charge >= 0.3 is 0 Å². The van der Waals surface area contributed by atoms with Gasteiger partial charge in [-0.2, -0.15) is 0 Å². The van der Waals surface area contributed by atoms with Gasteiger partial charge in [0.15, 0.2) is 0 Å². The molecule has 0 fully saturated rings. The average Bonchev–Trinajstić information content (AvgIpc) is 2.25. The van der Waals surface area contributed by atoms with E-state index in [0.29, 0.717) is 5.15 Å². The zero-order chi connectivity index (χ0) is 10.7. The molecule has 0 bridgehead atoms. The van der Waals surface area contributed by atoms with Crippen molar-refractivity contribution in [2.45, 2.75) is 16.7 Å². The maximum atomic E-state index is 5.86. The van der Waals surface area contributed by atoms with Gasteiger partial charge in [0, 0.05) is 16.0 Å². The van der Waals surface area contributed by atoms with Crippen LogP contribution in [0.2, 0.25) is 5.15 Å². The molecular formula is C12H10ClNS. The van der Waals surface area contributed by atoms with Crippen molar-refractivity contribution >= 4 is 23.4 Å². The van der Waals surface area contributed by atoms with E-state index in [4.69, 9.17) is 11.6 Å². The Morgan fingerprint density at radius 3 is 2.53 bits per heavy atom. The predicted octanol–water partition coefficient (Wildman–Crippen LogP) is 4.19. The fourth-order valence-corrected chi connectivity index (χ4v) is 2.22. The number of hydrogen-bond donors (Lipinski definition) is 0. The van der Waals surface area contributed by atoms with Crippen LogP contribution < -0.4 is 0 Å². The van der Waals surface area contributed by atoms with Gasteiger partial charge < -0.3 is 0 Å². The van der Waals surface area contributed by atoms with Gasteiger partial charge in [0.05, 0.1) is 0 Å². The highest BCUT2D eigenvalue weighted by Crippen LogP contribution is 2.28. The lowest BCUT2D eigenvalue weighted by Crippen LogP contribution is -1.82. The number of nitrogens with zero attached hydrogens (tertiary/aromatic N) is 1. The number of pyridine rings is 1. The van der Waals surface area contributed by atoms with E-state index in [9.17, 15) is 0 Å². The molecule has 15 heavy (non-hydrogen) atoms. The van der Waals surface area contributed by atoms with Crippen LogP contribution in [0.25, 0.3) is 0 Å². The zero-order valence-corrected chi connectivity index (χ0v) is 9.85. The van der Waals surface area contributed by atoms with Gasteiger partial charge in [0.1, 0.15) is 5.15 Å². The van der Waals surface area contributed by atoms with Gasteiger partial charge in [-0.1, -0.05) is 41.6 Å². The smallest absolute Gasteiger partial charge is 0.131 e. The van der Waals surface area contributed by atoms with Gasteiger partial charge in [-0.05, 0) is 30.7 Å². The minimum atomic E-state index is 0.576. The van der Waals surface area contributed by atoms with E-state index in [2.05, 4.69) is 17.1 Å². The third kappa shape index (κ3) is 2.74. The molecular weight excluding hydrogens is 226 g/mol. The second-order valence-corrected chi connectivity index (χ2v) is 4.70. The van der Waals surface area contributed by atoms with E-state index in [-0.39, 0.29) is 0 Å². The van der Waals surface area contributed by atoms with Crippen molar-refractivity contribution in [1.29, 1.82) is 0 Å². The summed E-state index contributed by atoms with van der Waals surface area (Å²) >= 11 is 7.55. The van der Waals surface area contributed by atoms with Crippen LogP contribution in [0.1, 0.15) is 5.56 Å². The van der Waals surface area contributed by atoms with Crippen LogP contribution in [0.4, 0.5) is 0 Å². The minimum absolute atomic E-state index is 0.576. The molecule has 0 saturated heterocycles. The molecule has 76 valence electrons. The molecule has 2 rings (SSSR count). The van der Waals surface area contributed by atoms with E-state index in [1.165, 1.54) is 4.90 Å². The summed E-state index contributed by atoms with van der Waals surface area (Å²) in [4.78, 5) is 6.44.